The van der Waals surface area contributed by atoms with Crippen molar-refractivity contribution < 1.29 is 18.3 Å². The molecule has 0 saturated heterocycles. The van der Waals surface area contributed by atoms with E-state index in [4.69, 9.17) is 5.11 Å². The van der Waals surface area contributed by atoms with Crippen molar-refractivity contribution >= 4 is 16.0 Å². The summed E-state index contributed by atoms with van der Waals surface area (Å²) in [5, 5.41) is 8.84. The number of hydrogen-bond acceptors (Lipinski definition) is 3. The smallest absolute Gasteiger partial charge is 0.335 e. The minimum absolute atomic E-state index is 0.0929. The average molecular weight is 307 g/mol. The van der Waals surface area contributed by atoms with Crippen LogP contribution in [0.4, 0.5) is 0 Å². The number of carbonyl (C=O) groups is 1. The Labute approximate surface area is 123 Å². The fraction of sp³-hybridized carbons (Fsp3) is 0.533. The Bertz CT molecular complexity index is 681. The van der Waals surface area contributed by atoms with E-state index in [1.54, 1.807) is 0 Å². The maximum atomic E-state index is 12.4. The molecule has 0 amide bonds. The standard InChI is InChI=1S/C15H17NO4S/c17-15(18)8-3-5-11(6-4-8)21(19,20)16-14-12-9-1-2-10(7-9)13(12)14/h3-6,9-10,12-14,16H,1-2,7H2,(H,17,18). The highest BCUT2D eigenvalue weighted by atomic mass is 32.2. The fourth-order valence-electron chi connectivity index (χ4n) is 4.51. The maximum Gasteiger partial charge on any atom is 0.335 e. The molecule has 0 aliphatic heterocycles. The Kier molecular flexibility index (Phi) is 2.72. The van der Waals surface area contributed by atoms with E-state index >= 15 is 0 Å². The molecule has 4 atom stereocenters. The van der Waals surface area contributed by atoms with Gasteiger partial charge in [-0.1, -0.05) is 0 Å². The molecule has 4 rings (SSSR count). The van der Waals surface area contributed by atoms with Gasteiger partial charge in [-0.05, 0) is 67.2 Å². The number of carboxylic acid groups (broad SMARTS) is 1. The molecule has 2 N–H and O–H groups in total. The zero-order valence-corrected chi connectivity index (χ0v) is 12.2. The molecule has 4 unspecified atom stereocenters. The number of rotatable bonds is 4. The molecule has 0 heterocycles. The minimum atomic E-state index is -3.54. The lowest BCUT2D eigenvalue weighted by atomic mass is 10.0. The van der Waals surface area contributed by atoms with Gasteiger partial charge in [-0.15, -0.1) is 0 Å². The third kappa shape index (κ3) is 2.00. The van der Waals surface area contributed by atoms with Gasteiger partial charge >= 0.3 is 5.97 Å². The lowest BCUT2D eigenvalue weighted by Crippen LogP contribution is -2.30. The molecule has 1 aromatic carbocycles. The SMILES string of the molecule is O=C(O)c1ccc(S(=O)(=O)NC2C3C4CCC(C4)C23)cc1. The van der Waals surface area contributed by atoms with Crippen LogP contribution >= 0.6 is 0 Å². The van der Waals surface area contributed by atoms with Crippen LogP contribution in [0.3, 0.4) is 0 Å². The molecule has 0 spiro atoms. The van der Waals surface area contributed by atoms with E-state index < -0.39 is 16.0 Å². The second-order valence-electron chi connectivity index (χ2n) is 6.46. The molecule has 5 nitrogen and oxygen atoms in total. The first-order chi connectivity index (χ1) is 9.97. The highest BCUT2D eigenvalue weighted by Gasteiger charge is 2.65. The van der Waals surface area contributed by atoms with Crippen molar-refractivity contribution in [1.29, 1.82) is 0 Å². The predicted molar refractivity (Wildman–Crippen MR) is 75.3 cm³/mol. The predicted octanol–water partition coefficient (Wildman–Crippen LogP) is 1.71. The van der Waals surface area contributed by atoms with E-state index in [2.05, 4.69) is 4.72 Å². The van der Waals surface area contributed by atoms with Gasteiger partial charge in [0.1, 0.15) is 0 Å². The van der Waals surface area contributed by atoms with Gasteiger partial charge in [0.15, 0.2) is 0 Å². The van der Waals surface area contributed by atoms with Gasteiger partial charge in [0.25, 0.3) is 0 Å². The summed E-state index contributed by atoms with van der Waals surface area (Å²) < 4.78 is 27.6. The van der Waals surface area contributed by atoms with E-state index in [0.717, 1.165) is 0 Å². The molecule has 21 heavy (non-hydrogen) atoms. The first kappa shape index (κ1) is 13.3. The van der Waals surface area contributed by atoms with Crippen molar-refractivity contribution in [2.75, 3.05) is 0 Å². The monoisotopic (exact) mass is 307 g/mol. The van der Waals surface area contributed by atoms with Gasteiger partial charge in [-0.25, -0.2) is 17.9 Å². The van der Waals surface area contributed by atoms with Crippen molar-refractivity contribution in [2.24, 2.45) is 23.7 Å². The van der Waals surface area contributed by atoms with Crippen molar-refractivity contribution in [3.63, 3.8) is 0 Å². The summed E-state index contributed by atoms with van der Waals surface area (Å²) >= 11 is 0. The van der Waals surface area contributed by atoms with Crippen molar-refractivity contribution in [3.8, 4) is 0 Å². The Balaban J connectivity index is 1.51. The molecule has 3 aliphatic rings. The summed E-state index contributed by atoms with van der Waals surface area (Å²) in [7, 11) is -3.54. The Morgan fingerprint density at radius 2 is 1.67 bits per heavy atom. The van der Waals surface area contributed by atoms with Gasteiger partial charge in [0.05, 0.1) is 10.5 Å². The van der Waals surface area contributed by atoms with Gasteiger partial charge < -0.3 is 5.11 Å². The van der Waals surface area contributed by atoms with Gasteiger partial charge in [0.2, 0.25) is 10.0 Å². The third-order valence-corrected chi connectivity index (χ3v) is 6.91. The fourth-order valence-corrected chi connectivity index (χ4v) is 5.81. The number of aromatic carboxylic acids is 1. The van der Waals surface area contributed by atoms with Crippen LogP contribution in [-0.2, 0) is 10.0 Å². The molecule has 112 valence electrons. The number of sulfonamides is 1. The van der Waals surface area contributed by atoms with E-state index in [1.807, 2.05) is 0 Å². The molecular formula is C15H17NO4S. The molecule has 0 radical (unpaired) electrons. The molecule has 0 aromatic heterocycles. The average Bonchev–Trinajstić information content (AvgIpc) is 2.85. The minimum Gasteiger partial charge on any atom is -0.478 e. The number of carboxylic acids is 1. The summed E-state index contributed by atoms with van der Waals surface area (Å²) in [4.78, 5) is 10.9. The lowest BCUT2D eigenvalue weighted by molar-refractivity contribution is 0.0696. The van der Waals surface area contributed by atoms with Crippen LogP contribution in [0.15, 0.2) is 29.2 Å². The molecule has 3 aliphatic carbocycles. The summed E-state index contributed by atoms with van der Waals surface area (Å²) in [5.74, 6) is 1.44. The van der Waals surface area contributed by atoms with Crippen LogP contribution in [-0.4, -0.2) is 25.5 Å². The first-order valence-corrected chi connectivity index (χ1v) is 8.81. The second kappa shape index (κ2) is 4.30. The molecule has 6 heteroatoms. The highest BCUT2D eigenvalue weighted by molar-refractivity contribution is 7.89. The van der Waals surface area contributed by atoms with Gasteiger partial charge in [-0.3, -0.25) is 0 Å². The third-order valence-electron chi connectivity index (χ3n) is 5.44. The first-order valence-electron chi connectivity index (χ1n) is 7.33. The summed E-state index contributed by atoms with van der Waals surface area (Å²) in [6.45, 7) is 0. The van der Waals surface area contributed by atoms with Crippen molar-refractivity contribution in [2.45, 2.75) is 30.2 Å². The van der Waals surface area contributed by atoms with Crippen LogP contribution in [0.5, 0.6) is 0 Å². The summed E-state index contributed by atoms with van der Waals surface area (Å²) in [5.41, 5.74) is 0.0929. The second-order valence-corrected chi connectivity index (χ2v) is 8.18. The summed E-state index contributed by atoms with van der Waals surface area (Å²) in [6, 6.07) is 5.47. The topological polar surface area (TPSA) is 83.5 Å². The Morgan fingerprint density at radius 1 is 1.10 bits per heavy atom. The number of hydrogen-bond donors (Lipinski definition) is 2. The zero-order chi connectivity index (χ0) is 14.8. The van der Waals surface area contributed by atoms with E-state index in [1.165, 1.54) is 43.5 Å². The number of fused-ring (bicyclic) bond motifs is 5. The molecular weight excluding hydrogens is 290 g/mol. The van der Waals surface area contributed by atoms with E-state index in [0.29, 0.717) is 23.7 Å². The maximum absolute atomic E-state index is 12.4. The number of benzene rings is 1. The molecule has 2 bridgehead atoms. The zero-order valence-electron chi connectivity index (χ0n) is 11.4. The van der Waals surface area contributed by atoms with Gasteiger partial charge in [-0.2, -0.15) is 0 Å². The largest absolute Gasteiger partial charge is 0.478 e. The van der Waals surface area contributed by atoms with Crippen LogP contribution in [0.2, 0.25) is 0 Å². The van der Waals surface area contributed by atoms with Crippen LogP contribution in [0.1, 0.15) is 29.6 Å². The lowest BCUT2D eigenvalue weighted by Gasteiger charge is -2.11. The Hall–Kier alpha value is -1.40. The van der Waals surface area contributed by atoms with Crippen LogP contribution in [0, 0.1) is 23.7 Å². The quantitative estimate of drug-likeness (QED) is 0.887. The van der Waals surface area contributed by atoms with Crippen LogP contribution in [0.25, 0.3) is 0 Å². The highest BCUT2D eigenvalue weighted by Crippen LogP contribution is 2.65. The molecule has 1 aromatic rings. The summed E-state index contributed by atoms with van der Waals surface area (Å²) in [6.07, 6.45) is 3.77. The van der Waals surface area contributed by atoms with E-state index in [9.17, 15) is 13.2 Å². The number of nitrogens with one attached hydrogen (secondary N) is 1. The van der Waals surface area contributed by atoms with Crippen molar-refractivity contribution in [1.82, 2.24) is 4.72 Å². The van der Waals surface area contributed by atoms with E-state index in [-0.39, 0.29) is 16.5 Å². The van der Waals surface area contributed by atoms with Gasteiger partial charge in [0, 0.05) is 6.04 Å². The molecule has 3 fully saturated rings. The molecule has 3 saturated carbocycles. The van der Waals surface area contributed by atoms with Crippen LogP contribution < -0.4 is 4.72 Å². The van der Waals surface area contributed by atoms with Crippen molar-refractivity contribution in [3.05, 3.63) is 29.8 Å². The Morgan fingerprint density at radius 3 is 2.19 bits per heavy atom. The normalized spacial score (nSPS) is 36.5.